The number of ether oxygens (including phenoxy) is 1. The van der Waals surface area contributed by atoms with Crippen LogP contribution >= 0.6 is 0 Å². The molecule has 0 saturated carbocycles. The topological polar surface area (TPSA) is 87.3 Å². The van der Waals surface area contributed by atoms with E-state index < -0.39 is 17.7 Å². The summed E-state index contributed by atoms with van der Waals surface area (Å²) in [6, 6.07) is -0.497. The Morgan fingerprint density at radius 2 is 2.19 bits per heavy atom. The summed E-state index contributed by atoms with van der Waals surface area (Å²) in [5.41, 5.74) is 0.0230. The van der Waals surface area contributed by atoms with Gasteiger partial charge in [0.25, 0.3) is 0 Å². The van der Waals surface area contributed by atoms with E-state index in [1.807, 2.05) is 20.8 Å². The van der Waals surface area contributed by atoms with Crippen LogP contribution in [0.3, 0.4) is 0 Å². The van der Waals surface area contributed by atoms with Crippen molar-refractivity contribution in [1.29, 1.82) is 0 Å². The number of rotatable bonds is 2. The predicted octanol–water partition coefficient (Wildman–Crippen LogP) is 2.14. The third-order valence-corrected chi connectivity index (χ3v) is 3.20. The second-order valence-corrected chi connectivity index (χ2v) is 6.16. The molecule has 7 heteroatoms. The second kappa shape index (κ2) is 6.15. The van der Waals surface area contributed by atoms with Crippen LogP contribution in [0.5, 0.6) is 0 Å². The molecule has 0 bridgehead atoms. The summed E-state index contributed by atoms with van der Waals surface area (Å²) in [6.07, 6.45) is 5.13. The summed E-state index contributed by atoms with van der Waals surface area (Å²) >= 11 is 0. The van der Waals surface area contributed by atoms with Gasteiger partial charge in [0, 0.05) is 12.7 Å². The Bertz CT molecular complexity index is 493. The Labute approximate surface area is 124 Å². The molecule has 2 rings (SSSR count). The number of piperidine rings is 1. The molecular formula is C14H22N4O3. The second-order valence-electron chi connectivity index (χ2n) is 6.16. The highest BCUT2D eigenvalue weighted by atomic mass is 16.6. The predicted molar refractivity (Wildman–Crippen MR) is 77.8 cm³/mol. The first-order valence-electron chi connectivity index (χ1n) is 7.16. The third-order valence-electron chi connectivity index (χ3n) is 3.20. The van der Waals surface area contributed by atoms with Crippen molar-refractivity contribution in [2.24, 2.45) is 0 Å². The molecule has 1 saturated heterocycles. The molecule has 2 amide bonds. The molecule has 1 aromatic heterocycles. The third kappa shape index (κ3) is 4.21. The summed E-state index contributed by atoms with van der Waals surface area (Å²) in [6.45, 7) is 5.98. The number of hydrogen-bond donors (Lipinski definition) is 2. The molecule has 1 atom stereocenters. The maximum atomic E-state index is 12.3. The minimum Gasteiger partial charge on any atom is -0.444 e. The van der Waals surface area contributed by atoms with Crippen molar-refractivity contribution in [3.05, 3.63) is 12.4 Å². The number of carbonyl (C=O) groups is 2. The van der Waals surface area contributed by atoms with Gasteiger partial charge in [0.2, 0.25) is 5.91 Å². The van der Waals surface area contributed by atoms with E-state index in [0.29, 0.717) is 18.7 Å². The zero-order chi connectivity index (χ0) is 15.5. The molecule has 1 aliphatic rings. The Morgan fingerprint density at radius 1 is 1.43 bits per heavy atom. The Balaban J connectivity index is 2.04. The van der Waals surface area contributed by atoms with E-state index in [1.165, 1.54) is 11.1 Å². The minimum absolute atomic E-state index is 0.207. The number of amides is 2. The maximum absolute atomic E-state index is 12.3. The maximum Gasteiger partial charge on any atom is 0.410 e. The molecule has 1 aromatic rings. The fourth-order valence-corrected chi connectivity index (χ4v) is 2.29. The van der Waals surface area contributed by atoms with Gasteiger partial charge in [-0.05, 0) is 40.0 Å². The Kier molecular flexibility index (Phi) is 4.50. The number of H-pyrrole nitrogens is 1. The fourth-order valence-electron chi connectivity index (χ4n) is 2.29. The van der Waals surface area contributed by atoms with Crippen LogP contribution in [0.2, 0.25) is 0 Å². The van der Waals surface area contributed by atoms with Crippen LogP contribution in [-0.2, 0) is 9.53 Å². The van der Waals surface area contributed by atoms with E-state index in [2.05, 4.69) is 15.5 Å². The first-order valence-corrected chi connectivity index (χ1v) is 7.16. The number of anilines is 1. The highest BCUT2D eigenvalue weighted by Gasteiger charge is 2.34. The van der Waals surface area contributed by atoms with E-state index in [0.717, 1.165) is 12.8 Å². The normalized spacial score (nSPS) is 19.2. The molecule has 0 aliphatic carbocycles. The van der Waals surface area contributed by atoms with E-state index in [9.17, 15) is 9.59 Å². The SMILES string of the molecule is CC(C)(C)OC(=O)N1CCCC[C@@H]1C(=O)Nc1cn[nH]c1. The van der Waals surface area contributed by atoms with Crippen LogP contribution < -0.4 is 5.32 Å². The average molecular weight is 294 g/mol. The zero-order valence-electron chi connectivity index (χ0n) is 12.7. The van der Waals surface area contributed by atoms with Gasteiger partial charge in [-0.2, -0.15) is 5.10 Å². The smallest absolute Gasteiger partial charge is 0.410 e. The van der Waals surface area contributed by atoms with Gasteiger partial charge in [0.1, 0.15) is 11.6 Å². The molecule has 0 spiro atoms. The standard InChI is InChI=1S/C14H22N4O3/c1-14(2,3)21-13(20)18-7-5-4-6-11(18)12(19)17-10-8-15-16-9-10/h8-9,11H,4-7H2,1-3H3,(H,15,16)(H,17,19)/t11-/m1/s1. The van der Waals surface area contributed by atoms with Gasteiger partial charge in [-0.15, -0.1) is 0 Å². The molecule has 116 valence electrons. The van der Waals surface area contributed by atoms with Crippen LogP contribution in [0, 0.1) is 0 Å². The lowest BCUT2D eigenvalue weighted by Crippen LogP contribution is -2.51. The first-order chi connectivity index (χ1) is 9.87. The lowest BCUT2D eigenvalue weighted by molar-refractivity contribution is -0.122. The van der Waals surface area contributed by atoms with Gasteiger partial charge in [0.15, 0.2) is 0 Å². The van der Waals surface area contributed by atoms with Crippen LogP contribution in [0.1, 0.15) is 40.0 Å². The number of aromatic nitrogens is 2. The first kappa shape index (κ1) is 15.3. The molecule has 0 radical (unpaired) electrons. The fraction of sp³-hybridized carbons (Fsp3) is 0.643. The molecule has 0 aromatic carbocycles. The van der Waals surface area contributed by atoms with E-state index >= 15 is 0 Å². The monoisotopic (exact) mass is 294 g/mol. The molecule has 7 nitrogen and oxygen atoms in total. The Morgan fingerprint density at radius 3 is 2.81 bits per heavy atom. The van der Waals surface area contributed by atoms with Crippen molar-refractivity contribution in [2.75, 3.05) is 11.9 Å². The molecule has 2 heterocycles. The number of aromatic amines is 1. The lowest BCUT2D eigenvalue weighted by atomic mass is 10.0. The van der Waals surface area contributed by atoms with Crippen LogP contribution in [-0.4, -0.2) is 45.3 Å². The van der Waals surface area contributed by atoms with Gasteiger partial charge in [-0.1, -0.05) is 0 Å². The van der Waals surface area contributed by atoms with Crippen molar-refractivity contribution >= 4 is 17.7 Å². The van der Waals surface area contributed by atoms with Gasteiger partial charge in [-0.25, -0.2) is 4.79 Å². The highest BCUT2D eigenvalue weighted by Crippen LogP contribution is 2.21. The van der Waals surface area contributed by atoms with Gasteiger partial charge in [0.05, 0.1) is 11.9 Å². The van der Waals surface area contributed by atoms with E-state index in [4.69, 9.17) is 4.74 Å². The number of likely N-dealkylation sites (tertiary alicyclic amines) is 1. The van der Waals surface area contributed by atoms with E-state index in [1.54, 1.807) is 6.20 Å². The van der Waals surface area contributed by atoms with Crippen molar-refractivity contribution in [3.63, 3.8) is 0 Å². The van der Waals surface area contributed by atoms with E-state index in [-0.39, 0.29) is 5.91 Å². The molecule has 21 heavy (non-hydrogen) atoms. The lowest BCUT2D eigenvalue weighted by Gasteiger charge is -2.35. The Hall–Kier alpha value is -2.05. The van der Waals surface area contributed by atoms with Crippen molar-refractivity contribution in [3.8, 4) is 0 Å². The summed E-state index contributed by atoms with van der Waals surface area (Å²) in [5.74, 6) is -0.207. The zero-order valence-corrected chi connectivity index (χ0v) is 12.7. The summed E-state index contributed by atoms with van der Waals surface area (Å²) < 4.78 is 5.38. The largest absolute Gasteiger partial charge is 0.444 e. The number of nitrogens with one attached hydrogen (secondary N) is 2. The highest BCUT2D eigenvalue weighted by molar-refractivity contribution is 5.96. The van der Waals surface area contributed by atoms with Crippen molar-refractivity contribution < 1.29 is 14.3 Å². The summed E-state index contributed by atoms with van der Waals surface area (Å²) in [5, 5.41) is 9.17. The molecule has 1 fully saturated rings. The molecule has 0 unspecified atom stereocenters. The molecular weight excluding hydrogens is 272 g/mol. The van der Waals surface area contributed by atoms with Crippen molar-refractivity contribution in [2.45, 2.75) is 51.7 Å². The number of nitrogens with zero attached hydrogens (tertiary/aromatic N) is 2. The number of hydrogen-bond acceptors (Lipinski definition) is 4. The quantitative estimate of drug-likeness (QED) is 0.874. The minimum atomic E-state index is -0.569. The molecule has 1 aliphatic heterocycles. The summed E-state index contributed by atoms with van der Waals surface area (Å²) in [7, 11) is 0. The molecule has 2 N–H and O–H groups in total. The summed E-state index contributed by atoms with van der Waals surface area (Å²) in [4.78, 5) is 26.1. The average Bonchev–Trinajstić information content (AvgIpc) is 2.89. The van der Waals surface area contributed by atoms with Crippen LogP contribution in [0.25, 0.3) is 0 Å². The van der Waals surface area contributed by atoms with Gasteiger partial charge in [-0.3, -0.25) is 14.8 Å². The number of carbonyl (C=O) groups excluding carboxylic acids is 2. The van der Waals surface area contributed by atoms with Gasteiger partial charge >= 0.3 is 6.09 Å². The van der Waals surface area contributed by atoms with Crippen LogP contribution in [0.4, 0.5) is 10.5 Å². The van der Waals surface area contributed by atoms with Crippen LogP contribution in [0.15, 0.2) is 12.4 Å². The van der Waals surface area contributed by atoms with Crippen molar-refractivity contribution in [1.82, 2.24) is 15.1 Å². The van der Waals surface area contributed by atoms with Gasteiger partial charge < -0.3 is 10.1 Å².